The summed E-state index contributed by atoms with van der Waals surface area (Å²) in [6, 6.07) is 4.42. The molecule has 0 aromatic heterocycles. The second-order valence-electron chi connectivity index (χ2n) is 6.13. The van der Waals surface area contributed by atoms with Gasteiger partial charge in [0.25, 0.3) is 5.91 Å². The summed E-state index contributed by atoms with van der Waals surface area (Å²) in [6.07, 6.45) is 0.397. The Kier molecular flexibility index (Phi) is 5.44. The zero-order valence-corrected chi connectivity index (χ0v) is 15.3. The summed E-state index contributed by atoms with van der Waals surface area (Å²) in [5.41, 5.74) is 0.350. The van der Waals surface area contributed by atoms with E-state index in [1.807, 2.05) is 0 Å². The van der Waals surface area contributed by atoms with Crippen molar-refractivity contribution in [1.82, 2.24) is 14.5 Å². The average Bonchev–Trinajstić information content (AvgIpc) is 2.65. The molecule has 0 spiro atoms. The van der Waals surface area contributed by atoms with Crippen LogP contribution in [0.15, 0.2) is 23.1 Å². The minimum Gasteiger partial charge on any atom is -0.482 e. The molecule has 142 valence electrons. The molecular formula is C16H22N4O5S. The second-order valence-corrected chi connectivity index (χ2v) is 8.07. The van der Waals surface area contributed by atoms with Gasteiger partial charge in [-0.25, -0.2) is 8.42 Å². The van der Waals surface area contributed by atoms with Gasteiger partial charge in [-0.3, -0.25) is 9.59 Å². The molecule has 2 aliphatic rings. The minimum atomic E-state index is -3.70. The van der Waals surface area contributed by atoms with Gasteiger partial charge in [-0.15, -0.1) is 0 Å². The van der Waals surface area contributed by atoms with E-state index in [1.165, 1.54) is 16.4 Å². The highest BCUT2D eigenvalue weighted by molar-refractivity contribution is 7.89. The van der Waals surface area contributed by atoms with Crippen LogP contribution in [0.2, 0.25) is 0 Å². The number of hydrogen-bond acceptors (Lipinski definition) is 6. The van der Waals surface area contributed by atoms with Gasteiger partial charge in [0.1, 0.15) is 5.75 Å². The highest BCUT2D eigenvalue weighted by Crippen LogP contribution is 2.31. The van der Waals surface area contributed by atoms with Crippen LogP contribution in [0.3, 0.4) is 0 Å². The van der Waals surface area contributed by atoms with Crippen LogP contribution in [0.1, 0.15) is 6.42 Å². The van der Waals surface area contributed by atoms with Crippen LogP contribution in [-0.4, -0.2) is 75.8 Å². The zero-order chi connectivity index (χ0) is 18.7. The first-order valence-corrected chi connectivity index (χ1v) is 9.85. The molecule has 26 heavy (non-hydrogen) atoms. The van der Waals surface area contributed by atoms with Gasteiger partial charge >= 0.3 is 0 Å². The van der Waals surface area contributed by atoms with Gasteiger partial charge < -0.3 is 20.3 Å². The number of nitrogens with one attached hydrogen (secondary N) is 2. The molecule has 10 heteroatoms. The van der Waals surface area contributed by atoms with Crippen molar-refractivity contribution in [2.45, 2.75) is 11.3 Å². The molecule has 1 fully saturated rings. The van der Waals surface area contributed by atoms with E-state index < -0.39 is 10.0 Å². The maximum atomic E-state index is 12.9. The number of nitrogens with zero attached hydrogens (tertiary/aromatic N) is 2. The smallest absolute Gasteiger partial charge is 0.262 e. The van der Waals surface area contributed by atoms with E-state index in [0.717, 1.165) is 0 Å². The highest BCUT2D eigenvalue weighted by Gasteiger charge is 2.31. The molecular weight excluding hydrogens is 360 g/mol. The quantitative estimate of drug-likeness (QED) is 0.708. The van der Waals surface area contributed by atoms with Crippen molar-refractivity contribution in [3.63, 3.8) is 0 Å². The standard InChI is InChI=1S/C16H22N4O5S/c1-17-5-4-16(22)19-6-8-20(9-7-19)26(23,24)12-2-3-14-13(10-12)18-15(21)11-25-14/h2-3,10,17H,4-9,11H2,1H3,(H,18,21). The third-order valence-electron chi connectivity index (χ3n) is 4.40. The van der Waals surface area contributed by atoms with Gasteiger partial charge in [0.2, 0.25) is 15.9 Å². The number of piperazine rings is 1. The summed E-state index contributed by atoms with van der Waals surface area (Å²) < 4.78 is 32.3. The predicted molar refractivity (Wildman–Crippen MR) is 94.4 cm³/mol. The first-order chi connectivity index (χ1) is 12.4. The molecule has 2 amide bonds. The lowest BCUT2D eigenvalue weighted by atomic mass is 10.2. The van der Waals surface area contributed by atoms with Gasteiger partial charge in [0, 0.05) is 39.1 Å². The molecule has 1 saturated heterocycles. The Morgan fingerprint density at radius 2 is 2.00 bits per heavy atom. The van der Waals surface area contributed by atoms with Crippen molar-refractivity contribution in [2.24, 2.45) is 0 Å². The maximum Gasteiger partial charge on any atom is 0.262 e. The second kappa shape index (κ2) is 7.60. The molecule has 0 radical (unpaired) electrons. The lowest BCUT2D eigenvalue weighted by Crippen LogP contribution is -2.50. The number of anilines is 1. The van der Waals surface area contributed by atoms with Crippen LogP contribution in [-0.2, 0) is 19.6 Å². The van der Waals surface area contributed by atoms with E-state index >= 15 is 0 Å². The van der Waals surface area contributed by atoms with Gasteiger partial charge in [-0.2, -0.15) is 4.31 Å². The third-order valence-corrected chi connectivity index (χ3v) is 6.30. The van der Waals surface area contributed by atoms with Crippen molar-refractivity contribution in [2.75, 3.05) is 51.7 Å². The van der Waals surface area contributed by atoms with Crippen molar-refractivity contribution in [3.8, 4) is 5.75 Å². The van der Waals surface area contributed by atoms with Crippen LogP contribution in [0.4, 0.5) is 5.69 Å². The largest absolute Gasteiger partial charge is 0.482 e. The molecule has 0 atom stereocenters. The maximum absolute atomic E-state index is 12.9. The van der Waals surface area contributed by atoms with Crippen molar-refractivity contribution < 1.29 is 22.7 Å². The number of benzene rings is 1. The number of ether oxygens (including phenoxy) is 1. The van der Waals surface area contributed by atoms with E-state index in [4.69, 9.17) is 4.74 Å². The van der Waals surface area contributed by atoms with Crippen LogP contribution in [0.25, 0.3) is 0 Å². The molecule has 0 saturated carbocycles. The van der Waals surface area contributed by atoms with Gasteiger partial charge in [0.05, 0.1) is 10.6 Å². The van der Waals surface area contributed by atoms with Gasteiger partial charge in [-0.05, 0) is 25.2 Å². The molecule has 3 rings (SSSR count). The van der Waals surface area contributed by atoms with Gasteiger partial charge in [0.15, 0.2) is 6.61 Å². The lowest BCUT2D eigenvalue weighted by Gasteiger charge is -2.34. The van der Waals surface area contributed by atoms with Crippen LogP contribution >= 0.6 is 0 Å². The number of carbonyl (C=O) groups is 2. The van der Waals surface area contributed by atoms with Gasteiger partial charge in [-0.1, -0.05) is 0 Å². The Morgan fingerprint density at radius 1 is 1.27 bits per heavy atom. The molecule has 2 aliphatic heterocycles. The van der Waals surface area contributed by atoms with Crippen molar-refractivity contribution in [1.29, 1.82) is 0 Å². The Morgan fingerprint density at radius 3 is 2.69 bits per heavy atom. The summed E-state index contributed by atoms with van der Waals surface area (Å²) in [5.74, 6) is 0.147. The molecule has 1 aromatic carbocycles. The van der Waals surface area contributed by atoms with E-state index in [0.29, 0.717) is 37.5 Å². The van der Waals surface area contributed by atoms with E-state index in [2.05, 4.69) is 10.6 Å². The van der Waals surface area contributed by atoms with Crippen LogP contribution in [0, 0.1) is 0 Å². The van der Waals surface area contributed by atoms with Crippen LogP contribution in [0.5, 0.6) is 5.75 Å². The number of amides is 2. The lowest BCUT2D eigenvalue weighted by molar-refractivity contribution is -0.132. The minimum absolute atomic E-state index is 0.0186. The summed E-state index contributed by atoms with van der Waals surface area (Å²) in [6.45, 7) is 1.74. The number of carbonyl (C=O) groups excluding carboxylic acids is 2. The summed E-state index contributed by atoms with van der Waals surface area (Å²) in [5, 5.41) is 5.54. The molecule has 0 unspecified atom stereocenters. The van der Waals surface area contributed by atoms with E-state index in [9.17, 15) is 18.0 Å². The molecule has 2 N–H and O–H groups in total. The highest BCUT2D eigenvalue weighted by atomic mass is 32.2. The van der Waals surface area contributed by atoms with E-state index in [1.54, 1.807) is 18.0 Å². The number of rotatable bonds is 5. The summed E-state index contributed by atoms with van der Waals surface area (Å²) >= 11 is 0. The molecule has 9 nitrogen and oxygen atoms in total. The zero-order valence-electron chi connectivity index (χ0n) is 14.5. The fourth-order valence-corrected chi connectivity index (χ4v) is 4.39. The fraction of sp³-hybridized carbons (Fsp3) is 0.500. The average molecular weight is 382 g/mol. The fourth-order valence-electron chi connectivity index (χ4n) is 2.94. The first kappa shape index (κ1) is 18.6. The first-order valence-electron chi connectivity index (χ1n) is 8.41. The Labute approximate surface area is 152 Å². The topological polar surface area (TPSA) is 108 Å². The van der Waals surface area contributed by atoms with Crippen molar-refractivity contribution >= 4 is 27.5 Å². The Bertz CT molecular complexity index is 803. The molecule has 0 aliphatic carbocycles. The number of sulfonamides is 1. The van der Waals surface area contributed by atoms with E-state index in [-0.39, 0.29) is 36.4 Å². The monoisotopic (exact) mass is 382 g/mol. The number of fused-ring (bicyclic) bond motifs is 1. The molecule has 2 heterocycles. The summed E-state index contributed by atoms with van der Waals surface area (Å²) in [7, 11) is -1.92. The molecule has 1 aromatic rings. The SMILES string of the molecule is CNCCC(=O)N1CCN(S(=O)(=O)c2ccc3c(c2)NC(=O)CO3)CC1. The normalized spacial score (nSPS) is 18.0. The molecule has 0 bridgehead atoms. The van der Waals surface area contributed by atoms with Crippen molar-refractivity contribution in [3.05, 3.63) is 18.2 Å². The predicted octanol–water partition coefficient (Wildman–Crippen LogP) is -0.540. The Hall–Kier alpha value is -2.17. The number of hydrogen-bond donors (Lipinski definition) is 2. The third kappa shape index (κ3) is 3.81. The Balaban J connectivity index is 1.69. The summed E-state index contributed by atoms with van der Waals surface area (Å²) in [4.78, 5) is 25.2. The van der Waals surface area contributed by atoms with Crippen LogP contribution < -0.4 is 15.4 Å².